The molecule has 0 fully saturated rings. The van der Waals surface area contributed by atoms with Crippen LogP contribution in [0.2, 0.25) is 5.02 Å². The van der Waals surface area contributed by atoms with Gasteiger partial charge in [-0.15, -0.1) is 0 Å². The van der Waals surface area contributed by atoms with E-state index in [-0.39, 0.29) is 12.3 Å². The van der Waals surface area contributed by atoms with E-state index in [1.54, 1.807) is 19.1 Å². The van der Waals surface area contributed by atoms with Crippen LogP contribution in [0.5, 0.6) is 0 Å². The molecule has 1 atom stereocenters. The highest BCUT2D eigenvalue weighted by Gasteiger charge is 2.16. The van der Waals surface area contributed by atoms with Crippen molar-refractivity contribution in [2.24, 2.45) is 0 Å². The van der Waals surface area contributed by atoms with Gasteiger partial charge in [0.25, 0.3) is 0 Å². The highest BCUT2D eigenvalue weighted by molar-refractivity contribution is 6.30. The van der Waals surface area contributed by atoms with Crippen LogP contribution in [0, 0.1) is 0 Å². The van der Waals surface area contributed by atoms with Crippen LogP contribution in [0.15, 0.2) is 24.3 Å². The lowest BCUT2D eigenvalue weighted by atomic mass is 10.1. The molecular weight excluding hydrogens is 254 g/mol. The van der Waals surface area contributed by atoms with Gasteiger partial charge in [-0.1, -0.05) is 30.7 Å². The molecule has 4 nitrogen and oxygen atoms in total. The number of hydrogen-bond acceptors (Lipinski definition) is 2. The molecule has 0 aliphatic heterocycles. The molecule has 98 valence electrons. The van der Waals surface area contributed by atoms with Crippen LogP contribution in [-0.2, 0) is 16.0 Å². The van der Waals surface area contributed by atoms with Crippen LogP contribution >= 0.6 is 11.6 Å². The van der Waals surface area contributed by atoms with Gasteiger partial charge >= 0.3 is 5.97 Å². The van der Waals surface area contributed by atoms with Gasteiger partial charge in [0.2, 0.25) is 5.91 Å². The van der Waals surface area contributed by atoms with Crippen molar-refractivity contribution in [2.75, 3.05) is 0 Å². The van der Waals surface area contributed by atoms with Crippen molar-refractivity contribution in [1.29, 1.82) is 0 Å². The van der Waals surface area contributed by atoms with E-state index in [4.69, 9.17) is 16.7 Å². The van der Waals surface area contributed by atoms with Crippen molar-refractivity contribution in [2.45, 2.75) is 32.2 Å². The van der Waals surface area contributed by atoms with E-state index in [0.717, 1.165) is 5.56 Å². The Balaban J connectivity index is 2.41. The van der Waals surface area contributed by atoms with Crippen LogP contribution < -0.4 is 5.32 Å². The number of benzene rings is 1. The predicted octanol–water partition coefficient (Wildman–Crippen LogP) is 2.25. The lowest BCUT2D eigenvalue weighted by Crippen LogP contribution is -2.40. The fourth-order valence-electron chi connectivity index (χ4n) is 1.51. The molecule has 0 radical (unpaired) electrons. The number of amides is 1. The third-order valence-electron chi connectivity index (χ3n) is 2.60. The summed E-state index contributed by atoms with van der Waals surface area (Å²) in [6.07, 6.45) is 1.21. The SMILES string of the molecule is CCC(NC(=O)CCc1ccc(Cl)cc1)C(=O)O. The molecule has 1 aromatic rings. The summed E-state index contributed by atoms with van der Waals surface area (Å²) in [4.78, 5) is 22.3. The number of carbonyl (C=O) groups excluding carboxylic acids is 1. The molecular formula is C13H16ClNO3. The fourth-order valence-corrected chi connectivity index (χ4v) is 1.64. The third kappa shape index (κ3) is 4.75. The molecule has 0 heterocycles. The summed E-state index contributed by atoms with van der Waals surface area (Å²) in [5, 5.41) is 11.9. The Morgan fingerprint density at radius 3 is 2.44 bits per heavy atom. The minimum Gasteiger partial charge on any atom is -0.480 e. The van der Waals surface area contributed by atoms with Crippen LogP contribution in [0.3, 0.4) is 0 Å². The molecule has 1 aromatic carbocycles. The maximum absolute atomic E-state index is 11.6. The van der Waals surface area contributed by atoms with Crippen LogP contribution in [-0.4, -0.2) is 23.0 Å². The Bertz CT molecular complexity index is 417. The first-order valence-corrected chi connectivity index (χ1v) is 6.17. The van der Waals surface area contributed by atoms with Crippen molar-refractivity contribution < 1.29 is 14.7 Å². The van der Waals surface area contributed by atoms with Gasteiger partial charge in [-0.25, -0.2) is 4.79 Å². The molecule has 5 heteroatoms. The number of nitrogens with one attached hydrogen (secondary N) is 1. The van der Waals surface area contributed by atoms with Crippen molar-refractivity contribution in [3.63, 3.8) is 0 Å². The number of carboxylic acid groups (broad SMARTS) is 1. The highest BCUT2D eigenvalue weighted by atomic mass is 35.5. The average Bonchev–Trinajstić information content (AvgIpc) is 2.35. The summed E-state index contributed by atoms with van der Waals surface area (Å²) >= 11 is 5.75. The van der Waals surface area contributed by atoms with Gasteiger partial charge in [0.1, 0.15) is 6.04 Å². The van der Waals surface area contributed by atoms with E-state index in [1.807, 2.05) is 12.1 Å². The fraction of sp³-hybridized carbons (Fsp3) is 0.385. The van der Waals surface area contributed by atoms with E-state index < -0.39 is 12.0 Å². The minimum atomic E-state index is -1.00. The summed E-state index contributed by atoms with van der Waals surface area (Å²) in [5.41, 5.74) is 0.998. The standard InChI is InChI=1S/C13H16ClNO3/c1-2-11(13(17)18)15-12(16)8-5-9-3-6-10(14)7-4-9/h3-4,6-7,11H,2,5,8H2,1H3,(H,15,16)(H,17,18). The molecule has 0 aliphatic rings. The molecule has 0 saturated carbocycles. The predicted molar refractivity (Wildman–Crippen MR) is 69.6 cm³/mol. The lowest BCUT2D eigenvalue weighted by Gasteiger charge is -2.12. The quantitative estimate of drug-likeness (QED) is 0.832. The smallest absolute Gasteiger partial charge is 0.326 e. The zero-order valence-electron chi connectivity index (χ0n) is 10.1. The summed E-state index contributed by atoms with van der Waals surface area (Å²) in [6.45, 7) is 1.72. The Hall–Kier alpha value is -1.55. The Morgan fingerprint density at radius 2 is 1.94 bits per heavy atom. The van der Waals surface area contributed by atoms with E-state index in [9.17, 15) is 9.59 Å². The molecule has 2 N–H and O–H groups in total. The number of aryl methyl sites for hydroxylation is 1. The van der Waals surface area contributed by atoms with Gasteiger partial charge in [0.05, 0.1) is 0 Å². The molecule has 1 amide bonds. The van der Waals surface area contributed by atoms with Gasteiger partial charge in [-0.05, 0) is 30.5 Å². The molecule has 18 heavy (non-hydrogen) atoms. The molecule has 0 spiro atoms. The van der Waals surface area contributed by atoms with E-state index in [0.29, 0.717) is 17.9 Å². The molecule has 0 saturated heterocycles. The maximum Gasteiger partial charge on any atom is 0.326 e. The van der Waals surface area contributed by atoms with Gasteiger partial charge in [0.15, 0.2) is 0 Å². The van der Waals surface area contributed by atoms with Crippen LogP contribution in [0.4, 0.5) is 0 Å². The molecule has 0 aromatic heterocycles. The van der Waals surface area contributed by atoms with Gasteiger partial charge in [-0.3, -0.25) is 4.79 Å². The van der Waals surface area contributed by atoms with Gasteiger partial charge < -0.3 is 10.4 Å². The number of rotatable bonds is 6. The minimum absolute atomic E-state index is 0.251. The first-order chi connectivity index (χ1) is 8.52. The Kier molecular flexibility index (Phi) is 5.65. The lowest BCUT2D eigenvalue weighted by molar-refractivity contribution is -0.141. The second kappa shape index (κ2) is 7.01. The maximum atomic E-state index is 11.6. The topological polar surface area (TPSA) is 66.4 Å². The molecule has 1 rings (SSSR count). The summed E-state index contributed by atoms with van der Waals surface area (Å²) in [5.74, 6) is -1.25. The number of carboxylic acids is 1. The summed E-state index contributed by atoms with van der Waals surface area (Å²) in [7, 11) is 0. The highest BCUT2D eigenvalue weighted by Crippen LogP contribution is 2.10. The average molecular weight is 270 g/mol. The summed E-state index contributed by atoms with van der Waals surface area (Å²) < 4.78 is 0. The third-order valence-corrected chi connectivity index (χ3v) is 2.85. The number of carbonyl (C=O) groups is 2. The zero-order valence-corrected chi connectivity index (χ0v) is 10.9. The molecule has 0 aliphatic carbocycles. The number of aliphatic carboxylic acids is 1. The second-order valence-electron chi connectivity index (χ2n) is 3.99. The molecule has 1 unspecified atom stereocenters. The van der Waals surface area contributed by atoms with E-state index in [1.165, 1.54) is 0 Å². The van der Waals surface area contributed by atoms with Crippen molar-refractivity contribution in [3.05, 3.63) is 34.9 Å². The van der Waals surface area contributed by atoms with E-state index >= 15 is 0 Å². The van der Waals surface area contributed by atoms with Crippen molar-refractivity contribution in [1.82, 2.24) is 5.32 Å². The summed E-state index contributed by atoms with van der Waals surface area (Å²) in [6, 6.07) is 6.43. The largest absolute Gasteiger partial charge is 0.480 e. The Morgan fingerprint density at radius 1 is 1.33 bits per heavy atom. The Labute approximate surface area is 111 Å². The van der Waals surface area contributed by atoms with E-state index in [2.05, 4.69) is 5.32 Å². The monoisotopic (exact) mass is 269 g/mol. The van der Waals surface area contributed by atoms with Crippen LogP contribution in [0.25, 0.3) is 0 Å². The first-order valence-electron chi connectivity index (χ1n) is 5.79. The zero-order chi connectivity index (χ0) is 13.5. The first kappa shape index (κ1) is 14.5. The van der Waals surface area contributed by atoms with Crippen LogP contribution in [0.1, 0.15) is 25.3 Å². The number of halogens is 1. The molecule has 0 bridgehead atoms. The van der Waals surface area contributed by atoms with Gasteiger partial charge in [0, 0.05) is 11.4 Å². The second-order valence-corrected chi connectivity index (χ2v) is 4.43. The van der Waals surface area contributed by atoms with Crippen molar-refractivity contribution in [3.8, 4) is 0 Å². The van der Waals surface area contributed by atoms with Crippen molar-refractivity contribution >= 4 is 23.5 Å². The normalized spacial score (nSPS) is 11.9. The number of hydrogen-bond donors (Lipinski definition) is 2. The van der Waals surface area contributed by atoms with Gasteiger partial charge in [-0.2, -0.15) is 0 Å².